The summed E-state index contributed by atoms with van der Waals surface area (Å²) in [5.41, 5.74) is 1.20. The average molecular weight is 272 g/mol. The summed E-state index contributed by atoms with van der Waals surface area (Å²) in [6, 6.07) is 3.42. The van der Waals surface area contributed by atoms with Crippen molar-refractivity contribution in [2.75, 3.05) is 0 Å². The van der Waals surface area contributed by atoms with Gasteiger partial charge in [0.05, 0.1) is 5.92 Å². The maximum atomic E-state index is 12.1. The van der Waals surface area contributed by atoms with Gasteiger partial charge in [-0.25, -0.2) is 0 Å². The van der Waals surface area contributed by atoms with Crippen LogP contribution in [0.1, 0.15) is 39.2 Å². The number of esters is 1. The molecule has 106 valence electrons. The number of rotatable bonds is 4. The summed E-state index contributed by atoms with van der Waals surface area (Å²) < 4.78 is 10.6. The number of hydrogen-bond acceptors (Lipinski definition) is 3. The van der Waals surface area contributed by atoms with Gasteiger partial charge in [0.2, 0.25) is 0 Å². The Morgan fingerprint density at radius 2 is 2.20 bits per heavy atom. The fraction of sp³-hybridized carbons (Fsp3) is 0.471. The molecule has 0 N–H and O–H groups in total. The SMILES string of the molecule is C#Cc1ccc(COC(=O)[C@@H]2[C@@H](C=C(C)C)C2(C)C)o1. The van der Waals surface area contributed by atoms with Crippen LogP contribution in [0.2, 0.25) is 0 Å². The predicted octanol–water partition coefficient (Wildman–Crippen LogP) is 3.54. The molecular formula is C17H20O3. The number of carbonyl (C=O) groups excluding carboxylic acids is 1. The summed E-state index contributed by atoms with van der Waals surface area (Å²) in [5.74, 6) is 3.44. The minimum absolute atomic E-state index is 0.0263. The third-order valence-corrected chi connectivity index (χ3v) is 3.84. The van der Waals surface area contributed by atoms with Crippen LogP contribution in [0, 0.1) is 29.6 Å². The third-order valence-electron chi connectivity index (χ3n) is 3.84. The largest absolute Gasteiger partial charge is 0.457 e. The van der Waals surface area contributed by atoms with E-state index in [1.165, 1.54) is 5.57 Å². The third kappa shape index (κ3) is 2.80. The van der Waals surface area contributed by atoms with Crippen molar-refractivity contribution < 1.29 is 13.9 Å². The lowest BCUT2D eigenvalue weighted by Gasteiger charge is -2.03. The lowest BCUT2D eigenvalue weighted by atomic mass is 10.1. The van der Waals surface area contributed by atoms with E-state index in [-0.39, 0.29) is 29.8 Å². The van der Waals surface area contributed by atoms with E-state index >= 15 is 0 Å². The van der Waals surface area contributed by atoms with E-state index in [2.05, 4.69) is 25.8 Å². The zero-order valence-corrected chi connectivity index (χ0v) is 12.4. The number of hydrogen-bond donors (Lipinski definition) is 0. The van der Waals surface area contributed by atoms with Gasteiger partial charge in [0.25, 0.3) is 0 Å². The first-order chi connectivity index (χ1) is 9.36. The summed E-state index contributed by atoms with van der Waals surface area (Å²) in [5, 5.41) is 0. The molecule has 1 aliphatic rings. The van der Waals surface area contributed by atoms with E-state index in [4.69, 9.17) is 15.6 Å². The average Bonchev–Trinajstić information content (AvgIpc) is 2.77. The van der Waals surface area contributed by atoms with Gasteiger partial charge in [-0.15, -0.1) is 6.42 Å². The van der Waals surface area contributed by atoms with Crippen LogP contribution in [0.25, 0.3) is 0 Å². The van der Waals surface area contributed by atoms with Gasteiger partial charge < -0.3 is 9.15 Å². The summed E-state index contributed by atoms with van der Waals surface area (Å²) in [6.07, 6.45) is 7.37. The normalized spacial score (nSPS) is 22.8. The topological polar surface area (TPSA) is 39.4 Å². The number of furan rings is 1. The molecule has 1 aliphatic carbocycles. The van der Waals surface area contributed by atoms with Gasteiger partial charge in [-0.2, -0.15) is 0 Å². The van der Waals surface area contributed by atoms with Gasteiger partial charge >= 0.3 is 5.97 Å². The first kappa shape index (κ1) is 14.5. The fourth-order valence-corrected chi connectivity index (χ4v) is 2.56. The molecule has 1 aromatic rings. The summed E-state index contributed by atoms with van der Waals surface area (Å²) in [4.78, 5) is 12.1. The second-order valence-corrected chi connectivity index (χ2v) is 6.09. The monoisotopic (exact) mass is 272 g/mol. The minimum Gasteiger partial charge on any atom is -0.457 e. The molecule has 3 nitrogen and oxygen atoms in total. The molecule has 0 amide bonds. The maximum absolute atomic E-state index is 12.1. The quantitative estimate of drug-likeness (QED) is 0.478. The van der Waals surface area contributed by atoms with Crippen molar-refractivity contribution in [3.05, 3.63) is 35.3 Å². The molecule has 1 fully saturated rings. The molecule has 0 aromatic carbocycles. The zero-order chi connectivity index (χ0) is 14.9. The highest BCUT2D eigenvalue weighted by atomic mass is 16.5. The summed E-state index contributed by atoms with van der Waals surface area (Å²) in [6.45, 7) is 8.40. The minimum atomic E-state index is -0.170. The van der Waals surface area contributed by atoms with E-state index in [1.54, 1.807) is 12.1 Å². The van der Waals surface area contributed by atoms with Crippen molar-refractivity contribution in [3.8, 4) is 12.3 Å². The van der Waals surface area contributed by atoms with Crippen LogP contribution in [0.15, 0.2) is 28.2 Å². The lowest BCUT2D eigenvalue weighted by molar-refractivity contribution is -0.148. The van der Waals surface area contributed by atoms with Crippen LogP contribution < -0.4 is 0 Å². The van der Waals surface area contributed by atoms with Crippen molar-refractivity contribution in [1.82, 2.24) is 0 Å². The Bertz CT molecular complexity index is 580. The van der Waals surface area contributed by atoms with Crippen LogP contribution in [-0.4, -0.2) is 5.97 Å². The molecular weight excluding hydrogens is 252 g/mol. The molecule has 1 heterocycles. The smallest absolute Gasteiger partial charge is 0.310 e. The van der Waals surface area contributed by atoms with Gasteiger partial charge in [0.15, 0.2) is 5.76 Å². The van der Waals surface area contributed by atoms with Gasteiger partial charge in [0, 0.05) is 0 Å². The van der Waals surface area contributed by atoms with E-state index in [0.717, 1.165) is 0 Å². The number of ether oxygens (including phenoxy) is 1. The van der Waals surface area contributed by atoms with Gasteiger partial charge in [-0.3, -0.25) is 4.79 Å². The van der Waals surface area contributed by atoms with Gasteiger partial charge in [-0.1, -0.05) is 25.5 Å². The molecule has 0 bridgehead atoms. The molecule has 0 unspecified atom stereocenters. The Morgan fingerprint density at radius 1 is 1.50 bits per heavy atom. The maximum Gasteiger partial charge on any atom is 0.310 e. The van der Waals surface area contributed by atoms with Crippen LogP contribution >= 0.6 is 0 Å². The first-order valence-corrected chi connectivity index (χ1v) is 6.73. The van der Waals surface area contributed by atoms with Crippen LogP contribution in [0.4, 0.5) is 0 Å². The molecule has 1 saturated carbocycles. The second-order valence-electron chi connectivity index (χ2n) is 6.09. The van der Waals surface area contributed by atoms with Crippen molar-refractivity contribution >= 4 is 5.97 Å². The molecule has 3 heteroatoms. The first-order valence-electron chi connectivity index (χ1n) is 6.73. The standard InChI is InChI=1S/C17H20O3/c1-6-12-7-8-13(20-12)10-19-16(18)15-14(9-11(2)3)17(15,4)5/h1,7-9,14-15H,10H2,2-5H3/t14-,15+/m1/s1. The predicted molar refractivity (Wildman–Crippen MR) is 76.6 cm³/mol. The van der Waals surface area contributed by atoms with E-state index in [9.17, 15) is 4.79 Å². The van der Waals surface area contributed by atoms with Gasteiger partial charge in [-0.05, 0) is 43.2 Å². The molecule has 0 aliphatic heterocycles. The Labute approximate surface area is 120 Å². The summed E-state index contributed by atoms with van der Waals surface area (Å²) >= 11 is 0. The number of allylic oxidation sites excluding steroid dienone is 2. The Morgan fingerprint density at radius 3 is 2.75 bits per heavy atom. The molecule has 2 atom stereocenters. The molecule has 20 heavy (non-hydrogen) atoms. The molecule has 0 saturated heterocycles. The number of carbonyl (C=O) groups is 1. The Balaban J connectivity index is 1.93. The zero-order valence-electron chi connectivity index (χ0n) is 12.4. The van der Waals surface area contributed by atoms with Crippen LogP contribution in [0.5, 0.6) is 0 Å². The van der Waals surface area contributed by atoms with Crippen molar-refractivity contribution in [3.63, 3.8) is 0 Å². The number of terminal acetylenes is 1. The lowest BCUT2D eigenvalue weighted by Crippen LogP contribution is -2.10. The fourth-order valence-electron chi connectivity index (χ4n) is 2.56. The highest BCUT2D eigenvalue weighted by molar-refractivity contribution is 5.78. The molecule has 1 aromatic heterocycles. The van der Waals surface area contributed by atoms with Gasteiger partial charge in [0.1, 0.15) is 12.4 Å². The van der Waals surface area contributed by atoms with Crippen LogP contribution in [-0.2, 0) is 16.1 Å². The van der Waals surface area contributed by atoms with E-state index in [1.807, 2.05) is 13.8 Å². The van der Waals surface area contributed by atoms with Crippen LogP contribution in [0.3, 0.4) is 0 Å². The molecule has 0 radical (unpaired) electrons. The highest BCUT2D eigenvalue weighted by Crippen LogP contribution is 2.59. The second kappa shape index (κ2) is 5.20. The Kier molecular flexibility index (Phi) is 3.76. The Hall–Kier alpha value is -1.95. The molecule has 2 rings (SSSR count). The highest BCUT2D eigenvalue weighted by Gasteiger charge is 2.61. The van der Waals surface area contributed by atoms with E-state index < -0.39 is 0 Å². The summed E-state index contributed by atoms with van der Waals surface area (Å²) in [7, 11) is 0. The van der Waals surface area contributed by atoms with E-state index in [0.29, 0.717) is 11.5 Å². The molecule has 0 spiro atoms. The van der Waals surface area contributed by atoms with Crippen molar-refractivity contribution in [2.24, 2.45) is 17.3 Å². The van der Waals surface area contributed by atoms with Crippen molar-refractivity contribution in [1.29, 1.82) is 0 Å². The van der Waals surface area contributed by atoms with Crippen molar-refractivity contribution in [2.45, 2.75) is 34.3 Å².